The highest BCUT2D eigenvalue weighted by Crippen LogP contribution is 2.15. The topological polar surface area (TPSA) is 84.7 Å². The number of rotatable bonds is 5. The SMILES string of the molecule is CC/C(=C\N(/N=C/N)c1ccccc1)C(N)=O. The fourth-order valence-corrected chi connectivity index (χ4v) is 1.30. The molecule has 0 saturated heterocycles. The summed E-state index contributed by atoms with van der Waals surface area (Å²) in [7, 11) is 0. The summed E-state index contributed by atoms with van der Waals surface area (Å²) in [6, 6.07) is 9.36. The van der Waals surface area contributed by atoms with E-state index in [1.807, 2.05) is 37.3 Å². The summed E-state index contributed by atoms with van der Waals surface area (Å²) in [6.07, 6.45) is 3.29. The van der Waals surface area contributed by atoms with Gasteiger partial charge in [0, 0.05) is 11.8 Å². The Labute approximate surface area is 100 Å². The highest BCUT2D eigenvalue weighted by Gasteiger charge is 2.06. The summed E-state index contributed by atoms with van der Waals surface area (Å²) < 4.78 is 0. The first-order valence-electron chi connectivity index (χ1n) is 5.28. The normalized spacial score (nSPS) is 11.7. The zero-order valence-electron chi connectivity index (χ0n) is 9.71. The molecule has 0 bridgehead atoms. The van der Waals surface area contributed by atoms with E-state index in [-0.39, 0.29) is 0 Å². The fourth-order valence-electron chi connectivity index (χ4n) is 1.30. The van der Waals surface area contributed by atoms with Crippen molar-refractivity contribution in [2.75, 3.05) is 5.01 Å². The minimum atomic E-state index is -0.458. The predicted molar refractivity (Wildman–Crippen MR) is 69.2 cm³/mol. The number of hydrogen-bond acceptors (Lipinski definition) is 3. The van der Waals surface area contributed by atoms with Crippen LogP contribution < -0.4 is 16.5 Å². The zero-order valence-corrected chi connectivity index (χ0v) is 9.71. The quantitative estimate of drug-likeness (QED) is 0.346. The van der Waals surface area contributed by atoms with E-state index in [1.54, 1.807) is 6.20 Å². The van der Waals surface area contributed by atoms with Crippen LogP contribution >= 0.6 is 0 Å². The average molecular weight is 232 g/mol. The number of anilines is 1. The van der Waals surface area contributed by atoms with Crippen molar-refractivity contribution < 1.29 is 4.79 Å². The van der Waals surface area contributed by atoms with Gasteiger partial charge in [0.1, 0.15) is 6.34 Å². The number of nitrogens with zero attached hydrogens (tertiary/aromatic N) is 2. The minimum Gasteiger partial charge on any atom is -0.388 e. The van der Waals surface area contributed by atoms with E-state index in [0.29, 0.717) is 12.0 Å². The molecule has 0 heterocycles. The van der Waals surface area contributed by atoms with Gasteiger partial charge >= 0.3 is 0 Å². The van der Waals surface area contributed by atoms with Gasteiger partial charge in [-0.05, 0) is 18.6 Å². The Kier molecular flexibility index (Phi) is 4.75. The highest BCUT2D eigenvalue weighted by molar-refractivity contribution is 5.92. The van der Waals surface area contributed by atoms with Crippen molar-refractivity contribution in [3.05, 3.63) is 42.1 Å². The molecule has 1 amide bonds. The molecule has 0 spiro atoms. The number of amides is 1. The largest absolute Gasteiger partial charge is 0.388 e. The van der Waals surface area contributed by atoms with E-state index in [2.05, 4.69) is 5.10 Å². The molecule has 90 valence electrons. The Morgan fingerprint density at radius 2 is 2.06 bits per heavy atom. The van der Waals surface area contributed by atoms with Gasteiger partial charge in [0.2, 0.25) is 5.91 Å². The molecule has 0 aliphatic rings. The van der Waals surface area contributed by atoms with Crippen LogP contribution in [0.4, 0.5) is 5.69 Å². The van der Waals surface area contributed by atoms with Crippen LogP contribution in [0.25, 0.3) is 0 Å². The van der Waals surface area contributed by atoms with Crippen molar-refractivity contribution >= 4 is 17.9 Å². The van der Waals surface area contributed by atoms with Gasteiger partial charge in [-0.1, -0.05) is 25.1 Å². The number of primary amides is 1. The van der Waals surface area contributed by atoms with E-state index >= 15 is 0 Å². The lowest BCUT2D eigenvalue weighted by Gasteiger charge is -2.15. The molecule has 0 atom stereocenters. The molecular formula is C12H16N4O. The second kappa shape index (κ2) is 6.32. The first-order chi connectivity index (χ1) is 8.19. The lowest BCUT2D eigenvalue weighted by molar-refractivity contribution is -0.114. The van der Waals surface area contributed by atoms with Crippen LogP contribution in [-0.4, -0.2) is 12.2 Å². The molecule has 0 saturated carbocycles. The molecule has 1 aromatic rings. The zero-order chi connectivity index (χ0) is 12.7. The summed E-state index contributed by atoms with van der Waals surface area (Å²) in [5.74, 6) is -0.458. The molecule has 0 radical (unpaired) electrons. The van der Waals surface area contributed by atoms with Crippen molar-refractivity contribution in [1.82, 2.24) is 0 Å². The van der Waals surface area contributed by atoms with Crippen LogP contribution in [0, 0.1) is 0 Å². The summed E-state index contributed by atoms with van der Waals surface area (Å²) >= 11 is 0. The van der Waals surface area contributed by atoms with Gasteiger partial charge in [0.15, 0.2) is 0 Å². The lowest BCUT2D eigenvalue weighted by Crippen LogP contribution is -2.18. The molecule has 17 heavy (non-hydrogen) atoms. The van der Waals surface area contributed by atoms with Crippen molar-refractivity contribution in [1.29, 1.82) is 0 Å². The number of carbonyl (C=O) groups is 1. The standard InChI is InChI=1S/C12H16N4O/c1-2-10(12(14)17)8-16(15-9-13)11-6-4-3-5-7-11/h3-9H,2H2,1H3,(H2,13,15)(H2,14,17)/b10-8+. The monoisotopic (exact) mass is 232 g/mol. The predicted octanol–water partition coefficient (Wildman–Crippen LogP) is 1.17. The molecule has 5 nitrogen and oxygen atoms in total. The van der Waals surface area contributed by atoms with Gasteiger partial charge in [-0.2, -0.15) is 5.10 Å². The maximum atomic E-state index is 11.1. The summed E-state index contributed by atoms with van der Waals surface area (Å²) in [4.78, 5) is 11.1. The smallest absolute Gasteiger partial charge is 0.246 e. The number of para-hydroxylation sites is 1. The Morgan fingerprint density at radius 3 is 2.53 bits per heavy atom. The van der Waals surface area contributed by atoms with Crippen molar-refractivity contribution in [2.45, 2.75) is 13.3 Å². The van der Waals surface area contributed by atoms with E-state index in [4.69, 9.17) is 11.5 Å². The number of benzene rings is 1. The van der Waals surface area contributed by atoms with Crippen LogP contribution in [0.1, 0.15) is 13.3 Å². The number of hydrazone groups is 1. The molecule has 4 N–H and O–H groups in total. The number of hydrogen-bond donors (Lipinski definition) is 2. The Bertz CT molecular complexity index is 425. The van der Waals surface area contributed by atoms with Gasteiger partial charge < -0.3 is 11.5 Å². The molecule has 0 aromatic heterocycles. The second-order valence-electron chi connectivity index (χ2n) is 3.32. The van der Waals surface area contributed by atoms with Crippen molar-refractivity contribution in [3.63, 3.8) is 0 Å². The van der Waals surface area contributed by atoms with Crippen molar-refractivity contribution in [2.24, 2.45) is 16.6 Å². The van der Waals surface area contributed by atoms with Gasteiger partial charge in [-0.25, -0.2) is 5.01 Å². The van der Waals surface area contributed by atoms with Crippen LogP contribution in [0.5, 0.6) is 0 Å². The summed E-state index contributed by atoms with van der Waals surface area (Å²) in [5, 5.41) is 5.48. The maximum Gasteiger partial charge on any atom is 0.246 e. The summed E-state index contributed by atoms with van der Waals surface area (Å²) in [5.41, 5.74) is 11.8. The van der Waals surface area contributed by atoms with Crippen LogP contribution in [-0.2, 0) is 4.79 Å². The van der Waals surface area contributed by atoms with E-state index in [1.165, 1.54) is 5.01 Å². The Hall–Kier alpha value is -2.30. The molecule has 0 aliphatic heterocycles. The lowest BCUT2D eigenvalue weighted by atomic mass is 10.2. The first-order valence-corrected chi connectivity index (χ1v) is 5.28. The first kappa shape index (κ1) is 12.8. The third-order valence-corrected chi connectivity index (χ3v) is 2.19. The number of nitrogens with two attached hydrogens (primary N) is 2. The van der Waals surface area contributed by atoms with Gasteiger partial charge in [-0.3, -0.25) is 4.79 Å². The third-order valence-electron chi connectivity index (χ3n) is 2.19. The van der Waals surface area contributed by atoms with E-state index < -0.39 is 5.91 Å². The fraction of sp³-hybridized carbons (Fsp3) is 0.167. The molecule has 0 fully saturated rings. The van der Waals surface area contributed by atoms with Crippen LogP contribution in [0.3, 0.4) is 0 Å². The molecule has 5 heteroatoms. The molecule has 0 unspecified atom stereocenters. The second-order valence-corrected chi connectivity index (χ2v) is 3.32. The highest BCUT2D eigenvalue weighted by atomic mass is 16.1. The maximum absolute atomic E-state index is 11.1. The number of carbonyl (C=O) groups excluding carboxylic acids is 1. The Balaban J connectivity index is 3.06. The molecule has 0 aliphatic carbocycles. The van der Waals surface area contributed by atoms with E-state index in [9.17, 15) is 4.79 Å². The minimum absolute atomic E-state index is 0.458. The molecular weight excluding hydrogens is 216 g/mol. The van der Waals surface area contributed by atoms with E-state index in [0.717, 1.165) is 12.0 Å². The summed E-state index contributed by atoms with van der Waals surface area (Å²) in [6.45, 7) is 1.85. The van der Waals surface area contributed by atoms with Gasteiger partial charge in [0.25, 0.3) is 0 Å². The van der Waals surface area contributed by atoms with Gasteiger partial charge in [-0.15, -0.1) is 0 Å². The van der Waals surface area contributed by atoms with Crippen molar-refractivity contribution in [3.8, 4) is 0 Å². The van der Waals surface area contributed by atoms with Crippen LogP contribution in [0.15, 0.2) is 47.2 Å². The van der Waals surface area contributed by atoms with Crippen LogP contribution in [0.2, 0.25) is 0 Å². The third kappa shape index (κ3) is 3.64. The Morgan fingerprint density at radius 1 is 1.41 bits per heavy atom. The molecule has 1 rings (SSSR count). The average Bonchev–Trinajstić information content (AvgIpc) is 2.35. The van der Waals surface area contributed by atoms with Gasteiger partial charge in [0.05, 0.1) is 5.69 Å². The molecule has 1 aromatic carbocycles.